The molecule has 4 rings (SSSR count). The molecule has 0 bridgehead atoms. The molecule has 142 valence electrons. The van der Waals surface area contributed by atoms with Crippen molar-refractivity contribution in [2.75, 3.05) is 0 Å². The Morgan fingerprint density at radius 2 is 1.85 bits per heavy atom. The first kappa shape index (κ1) is 17.7. The Hall–Kier alpha value is -2.70. The van der Waals surface area contributed by atoms with Crippen LogP contribution in [0, 0.1) is 0 Å². The molecule has 2 fully saturated rings. The number of hydrogen-bond acceptors (Lipinski definition) is 4. The van der Waals surface area contributed by atoms with Gasteiger partial charge in [-0.05, 0) is 43.0 Å². The number of piperidine rings is 1. The number of rotatable bonds is 3. The molecule has 4 amide bonds. The zero-order valence-electron chi connectivity index (χ0n) is 15.1. The summed E-state index contributed by atoms with van der Waals surface area (Å²) in [5, 5.41) is 5.38. The maximum Gasteiger partial charge on any atom is 0.255 e. The second-order valence-corrected chi connectivity index (χ2v) is 7.58. The van der Waals surface area contributed by atoms with Crippen LogP contribution in [0.5, 0.6) is 0 Å². The van der Waals surface area contributed by atoms with E-state index in [4.69, 9.17) is 0 Å². The van der Waals surface area contributed by atoms with Crippen molar-refractivity contribution in [3.8, 4) is 0 Å². The third-order valence-electron chi connectivity index (χ3n) is 5.73. The number of carbonyl (C=O) groups is 4. The second kappa shape index (κ2) is 7.13. The van der Waals surface area contributed by atoms with Gasteiger partial charge in [0.25, 0.3) is 11.8 Å². The average Bonchev–Trinajstić information content (AvgIpc) is 2.98. The van der Waals surface area contributed by atoms with Gasteiger partial charge < -0.3 is 10.2 Å². The van der Waals surface area contributed by atoms with Crippen molar-refractivity contribution in [1.29, 1.82) is 0 Å². The van der Waals surface area contributed by atoms with E-state index in [2.05, 4.69) is 10.6 Å². The Kier molecular flexibility index (Phi) is 4.68. The van der Waals surface area contributed by atoms with Crippen molar-refractivity contribution < 1.29 is 19.2 Å². The number of carbonyl (C=O) groups excluding carboxylic acids is 4. The van der Waals surface area contributed by atoms with E-state index in [1.54, 1.807) is 18.2 Å². The Bertz CT molecular complexity index is 813. The first-order valence-corrected chi connectivity index (χ1v) is 9.61. The molecule has 2 N–H and O–H groups in total. The lowest BCUT2D eigenvalue weighted by Crippen LogP contribution is -2.52. The van der Waals surface area contributed by atoms with Crippen LogP contribution < -0.4 is 10.6 Å². The van der Waals surface area contributed by atoms with Crippen molar-refractivity contribution in [1.82, 2.24) is 15.5 Å². The highest BCUT2D eigenvalue weighted by Gasteiger charge is 2.39. The lowest BCUT2D eigenvalue weighted by molar-refractivity contribution is -0.136. The summed E-state index contributed by atoms with van der Waals surface area (Å²) in [6.07, 6.45) is 6.10. The number of nitrogens with one attached hydrogen (secondary N) is 2. The Morgan fingerprint density at radius 1 is 1.07 bits per heavy atom. The molecule has 0 spiro atoms. The minimum absolute atomic E-state index is 0.114. The minimum Gasteiger partial charge on any atom is -0.349 e. The highest BCUT2D eigenvalue weighted by atomic mass is 16.2. The highest BCUT2D eigenvalue weighted by Crippen LogP contribution is 2.28. The van der Waals surface area contributed by atoms with Crippen molar-refractivity contribution in [2.24, 2.45) is 0 Å². The molecule has 2 heterocycles. The zero-order chi connectivity index (χ0) is 19.0. The maximum absolute atomic E-state index is 12.7. The topological polar surface area (TPSA) is 95.6 Å². The van der Waals surface area contributed by atoms with E-state index < -0.39 is 11.9 Å². The van der Waals surface area contributed by atoms with Crippen molar-refractivity contribution in [3.05, 3.63) is 34.9 Å². The molecule has 7 nitrogen and oxygen atoms in total. The van der Waals surface area contributed by atoms with E-state index in [1.165, 1.54) is 11.3 Å². The summed E-state index contributed by atoms with van der Waals surface area (Å²) in [6, 6.07) is 4.67. The molecule has 27 heavy (non-hydrogen) atoms. The summed E-state index contributed by atoms with van der Waals surface area (Å²) in [5.74, 6) is -1.07. The molecule has 1 unspecified atom stereocenters. The van der Waals surface area contributed by atoms with Gasteiger partial charge in [-0.2, -0.15) is 0 Å². The van der Waals surface area contributed by atoms with Gasteiger partial charge in [0, 0.05) is 30.1 Å². The van der Waals surface area contributed by atoms with E-state index in [0.29, 0.717) is 17.5 Å². The number of nitrogens with zero attached hydrogens (tertiary/aromatic N) is 1. The summed E-state index contributed by atoms with van der Waals surface area (Å²) in [4.78, 5) is 50.2. The van der Waals surface area contributed by atoms with Gasteiger partial charge in [0.15, 0.2) is 0 Å². The second-order valence-electron chi connectivity index (χ2n) is 7.58. The summed E-state index contributed by atoms with van der Waals surface area (Å²) >= 11 is 0. The van der Waals surface area contributed by atoms with Gasteiger partial charge in [-0.1, -0.05) is 19.3 Å². The van der Waals surface area contributed by atoms with E-state index in [-0.39, 0.29) is 36.7 Å². The van der Waals surface area contributed by atoms with Crippen LogP contribution in [0.1, 0.15) is 71.2 Å². The first-order chi connectivity index (χ1) is 13.0. The fourth-order valence-electron chi connectivity index (χ4n) is 4.23. The molecular formula is C20H23N3O4. The average molecular weight is 369 g/mol. The molecule has 1 atom stereocenters. The molecule has 1 saturated carbocycles. The van der Waals surface area contributed by atoms with E-state index >= 15 is 0 Å². The van der Waals surface area contributed by atoms with Crippen molar-refractivity contribution >= 4 is 23.6 Å². The van der Waals surface area contributed by atoms with Gasteiger partial charge in [-0.25, -0.2) is 0 Å². The molecule has 1 aromatic carbocycles. The van der Waals surface area contributed by atoms with Crippen LogP contribution in [0.2, 0.25) is 0 Å². The molecule has 1 aliphatic carbocycles. The molecule has 7 heteroatoms. The van der Waals surface area contributed by atoms with E-state index in [0.717, 1.165) is 31.2 Å². The van der Waals surface area contributed by atoms with Gasteiger partial charge >= 0.3 is 0 Å². The smallest absolute Gasteiger partial charge is 0.255 e. The Morgan fingerprint density at radius 3 is 2.59 bits per heavy atom. The predicted octanol–water partition coefficient (Wildman–Crippen LogP) is 1.51. The lowest BCUT2D eigenvalue weighted by atomic mass is 9.95. The Labute approximate surface area is 157 Å². The van der Waals surface area contributed by atoms with Crippen molar-refractivity contribution in [2.45, 2.75) is 63.6 Å². The van der Waals surface area contributed by atoms with Crippen molar-refractivity contribution in [3.63, 3.8) is 0 Å². The molecular weight excluding hydrogens is 346 g/mol. The largest absolute Gasteiger partial charge is 0.349 e. The minimum atomic E-state index is -0.637. The maximum atomic E-state index is 12.7. The third kappa shape index (κ3) is 3.46. The number of hydrogen-bond donors (Lipinski definition) is 2. The first-order valence-electron chi connectivity index (χ1n) is 9.61. The molecule has 3 aliphatic rings. The van der Waals surface area contributed by atoms with Crippen LogP contribution in [0.15, 0.2) is 18.2 Å². The molecule has 0 aromatic heterocycles. The van der Waals surface area contributed by atoms with Crippen LogP contribution in [0.25, 0.3) is 0 Å². The van der Waals surface area contributed by atoms with Gasteiger partial charge in [0.05, 0.1) is 0 Å². The fourth-order valence-corrected chi connectivity index (χ4v) is 4.23. The SMILES string of the molecule is O=C1CCC(N2Cc3cc(C(=O)NC4CCCCC4)ccc3C2=O)C(=O)N1. The van der Waals surface area contributed by atoms with Crippen LogP contribution in [0.3, 0.4) is 0 Å². The van der Waals surface area contributed by atoms with Crippen LogP contribution in [-0.4, -0.2) is 40.6 Å². The Balaban J connectivity index is 1.48. The molecule has 2 aliphatic heterocycles. The lowest BCUT2D eigenvalue weighted by Gasteiger charge is -2.29. The van der Waals surface area contributed by atoms with E-state index in [1.807, 2.05) is 0 Å². The normalized spacial score (nSPS) is 23.2. The van der Waals surface area contributed by atoms with Gasteiger partial charge in [-0.3, -0.25) is 24.5 Å². The van der Waals surface area contributed by atoms with Gasteiger partial charge in [0.2, 0.25) is 11.8 Å². The number of fused-ring (bicyclic) bond motifs is 1. The quantitative estimate of drug-likeness (QED) is 0.790. The van der Waals surface area contributed by atoms with Crippen LogP contribution in [-0.2, 0) is 16.1 Å². The van der Waals surface area contributed by atoms with Crippen LogP contribution in [0.4, 0.5) is 0 Å². The summed E-state index contributed by atoms with van der Waals surface area (Å²) < 4.78 is 0. The molecule has 1 saturated heterocycles. The van der Waals surface area contributed by atoms with E-state index in [9.17, 15) is 19.2 Å². The van der Waals surface area contributed by atoms with Crippen LogP contribution >= 0.6 is 0 Å². The standard InChI is InChI=1S/C20H23N3O4/c24-17-9-8-16(19(26)22-17)23-11-13-10-12(6-7-15(13)20(23)27)18(25)21-14-4-2-1-3-5-14/h6-7,10,14,16H,1-5,8-9,11H2,(H,21,25)(H,22,24,26). The van der Waals surface area contributed by atoms with Gasteiger partial charge in [0.1, 0.15) is 6.04 Å². The predicted molar refractivity (Wildman–Crippen MR) is 96.8 cm³/mol. The fraction of sp³-hybridized carbons (Fsp3) is 0.500. The third-order valence-corrected chi connectivity index (χ3v) is 5.73. The number of benzene rings is 1. The number of amides is 4. The summed E-state index contributed by atoms with van der Waals surface area (Å²) in [6.45, 7) is 0.283. The molecule has 0 radical (unpaired) electrons. The summed E-state index contributed by atoms with van der Waals surface area (Å²) in [5.41, 5.74) is 1.81. The monoisotopic (exact) mass is 369 g/mol. The summed E-state index contributed by atoms with van der Waals surface area (Å²) in [7, 11) is 0. The molecule has 1 aromatic rings. The highest BCUT2D eigenvalue weighted by molar-refractivity contribution is 6.06. The number of imide groups is 1. The zero-order valence-corrected chi connectivity index (χ0v) is 15.1. The van der Waals surface area contributed by atoms with Gasteiger partial charge in [-0.15, -0.1) is 0 Å².